The first-order valence-corrected chi connectivity index (χ1v) is 6.98. The van der Waals surface area contributed by atoms with Crippen molar-refractivity contribution in [1.29, 1.82) is 0 Å². The standard InChI is InChI=1S/C11H12FIN2O4/c1-2-11(12)8(17)6(5-13)19-9(11)15-4-3-7(16)14-10(15)18/h1,3-4,6-9,16-17H,5H2,(H,14,18)/t6-,7?,8-,9-,11-/m1/s1. The molecule has 0 aromatic heterocycles. The number of ether oxygens (including phenoxy) is 1. The monoisotopic (exact) mass is 382 g/mol. The minimum Gasteiger partial charge on any atom is -0.386 e. The first-order chi connectivity index (χ1) is 8.93. The van der Waals surface area contributed by atoms with Crippen LogP contribution in [0.3, 0.4) is 0 Å². The van der Waals surface area contributed by atoms with Crippen molar-refractivity contribution in [3.8, 4) is 12.3 Å². The Bertz CT molecular complexity index is 454. The van der Waals surface area contributed by atoms with Crippen LogP contribution in [0.4, 0.5) is 9.18 Å². The van der Waals surface area contributed by atoms with E-state index in [-0.39, 0.29) is 0 Å². The molecule has 1 unspecified atom stereocenters. The molecule has 19 heavy (non-hydrogen) atoms. The number of terminal acetylenes is 1. The Morgan fingerprint density at radius 3 is 2.89 bits per heavy atom. The number of halogens is 2. The number of rotatable bonds is 2. The molecule has 3 N–H and O–H groups in total. The molecule has 104 valence electrons. The molecule has 1 fully saturated rings. The lowest BCUT2D eigenvalue weighted by molar-refractivity contribution is -0.0491. The van der Waals surface area contributed by atoms with Gasteiger partial charge in [-0.25, -0.2) is 9.18 Å². The maximum absolute atomic E-state index is 14.7. The number of nitrogens with one attached hydrogen (secondary N) is 1. The first-order valence-electron chi connectivity index (χ1n) is 5.45. The minimum atomic E-state index is -2.50. The SMILES string of the molecule is C#C[C@@]1(F)[C@H](O)[C@@H](CI)O[C@H]1N1C=CC(O)NC1=O. The quantitative estimate of drug-likeness (QED) is 0.348. The molecule has 0 saturated carbocycles. The van der Waals surface area contributed by atoms with Crippen LogP contribution in [-0.2, 0) is 4.74 Å². The summed E-state index contributed by atoms with van der Waals surface area (Å²) < 4.78 is 20.3. The molecule has 0 aromatic rings. The second kappa shape index (κ2) is 5.24. The topological polar surface area (TPSA) is 82.0 Å². The van der Waals surface area contributed by atoms with Gasteiger partial charge in [-0.15, -0.1) is 6.42 Å². The predicted octanol–water partition coefficient (Wildman–Crippen LogP) is -0.294. The molecule has 0 aliphatic carbocycles. The predicted molar refractivity (Wildman–Crippen MR) is 71.7 cm³/mol. The van der Waals surface area contributed by atoms with Crippen LogP contribution in [0.2, 0.25) is 0 Å². The van der Waals surface area contributed by atoms with Crippen LogP contribution in [0.25, 0.3) is 0 Å². The molecule has 6 nitrogen and oxygen atoms in total. The molecular weight excluding hydrogens is 370 g/mol. The van der Waals surface area contributed by atoms with Crippen molar-refractivity contribution in [2.75, 3.05) is 4.43 Å². The number of aliphatic hydroxyl groups excluding tert-OH is 2. The average Bonchev–Trinajstić information content (AvgIpc) is 2.63. The third-order valence-electron chi connectivity index (χ3n) is 3.01. The molecule has 0 radical (unpaired) electrons. The highest BCUT2D eigenvalue weighted by molar-refractivity contribution is 14.1. The Labute approximate surface area is 122 Å². The number of carbonyl (C=O) groups is 1. The van der Waals surface area contributed by atoms with Crippen molar-refractivity contribution < 1.29 is 24.1 Å². The van der Waals surface area contributed by atoms with Crippen LogP contribution in [0.5, 0.6) is 0 Å². The third-order valence-corrected chi connectivity index (χ3v) is 3.87. The van der Waals surface area contributed by atoms with Crippen molar-refractivity contribution in [1.82, 2.24) is 10.2 Å². The number of nitrogens with zero attached hydrogens (tertiary/aromatic N) is 1. The third kappa shape index (κ3) is 2.31. The molecular formula is C11H12FIN2O4. The maximum Gasteiger partial charge on any atom is 0.325 e. The molecule has 0 bridgehead atoms. The summed E-state index contributed by atoms with van der Waals surface area (Å²) in [6, 6.07) is -0.751. The number of hydrogen-bond donors (Lipinski definition) is 3. The second-order valence-electron chi connectivity index (χ2n) is 4.18. The Kier molecular flexibility index (Phi) is 4.00. The Morgan fingerprint density at radius 2 is 2.37 bits per heavy atom. The van der Waals surface area contributed by atoms with E-state index < -0.39 is 36.4 Å². The molecule has 0 spiro atoms. The normalized spacial score (nSPS) is 42.1. The van der Waals surface area contributed by atoms with Gasteiger partial charge in [0.1, 0.15) is 12.3 Å². The van der Waals surface area contributed by atoms with Gasteiger partial charge in [-0.1, -0.05) is 28.5 Å². The fraction of sp³-hybridized carbons (Fsp3) is 0.545. The van der Waals surface area contributed by atoms with E-state index in [2.05, 4.69) is 5.32 Å². The molecule has 0 aromatic carbocycles. The van der Waals surface area contributed by atoms with Crippen molar-refractivity contribution in [3.05, 3.63) is 12.3 Å². The zero-order chi connectivity index (χ0) is 14.2. The van der Waals surface area contributed by atoms with Gasteiger partial charge in [0.2, 0.25) is 5.67 Å². The van der Waals surface area contributed by atoms with E-state index in [1.165, 1.54) is 12.3 Å². The zero-order valence-corrected chi connectivity index (χ0v) is 11.8. The van der Waals surface area contributed by atoms with Gasteiger partial charge in [-0.05, 0) is 6.08 Å². The van der Waals surface area contributed by atoms with Crippen molar-refractivity contribution in [2.24, 2.45) is 0 Å². The number of hydrogen-bond acceptors (Lipinski definition) is 4. The Hall–Kier alpha value is -0.890. The molecule has 5 atom stereocenters. The van der Waals surface area contributed by atoms with Gasteiger partial charge < -0.3 is 20.3 Å². The summed E-state index contributed by atoms with van der Waals surface area (Å²) >= 11 is 1.93. The highest BCUT2D eigenvalue weighted by atomic mass is 127. The van der Waals surface area contributed by atoms with Crippen molar-refractivity contribution in [2.45, 2.75) is 30.3 Å². The highest BCUT2D eigenvalue weighted by Gasteiger charge is 2.59. The van der Waals surface area contributed by atoms with Crippen LogP contribution in [-0.4, -0.2) is 55.9 Å². The molecule has 2 aliphatic heterocycles. The van der Waals surface area contributed by atoms with E-state index in [0.29, 0.717) is 4.43 Å². The fourth-order valence-electron chi connectivity index (χ4n) is 1.98. The second-order valence-corrected chi connectivity index (χ2v) is 5.06. The van der Waals surface area contributed by atoms with E-state index in [0.717, 1.165) is 4.90 Å². The smallest absolute Gasteiger partial charge is 0.325 e. The van der Waals surface area contributed by atoms with Crippen LogP contribution >= 0.6 is 22.6 Å². The van der Waals surface area contributed by atoms with Crippen molar-refractivity contribution >= 4 is 28.6 Å². The summed E-state index contributed by atoms with van der Waals surface area (Å²) in [4.78, 5) is 12.6. The highest BCUT2D eigenvalue weighted by Crippen LogP contribution is 2.37. The van der Waals surface area contributed by atoms with Gasteiger partial charge in [-0.2, -0.15) is 0 Å². The number of amides is 2. The van der Waals surface area contributed by atoms with E-state index >= 15 is 0 Å². The largest absolute Gasteiger partial charge is 0.386 e. The minimum absolute atomic E-state index is 0.324. The molecule has 1 saturated heterocycles. The maximum atomic E-state index is 14.7. The van der Waals surface area contributed by atoms with E-state index in [4.69, 9.17) is 11.2 Å². The molecule has 2 amide bonds. The fourth-order valence-corrected chi connectivity index (χ4v) is 2.67. The first kappa shape index (κ1) is 14.5. The number of aliphatic hydroxyl groups is 2. The van der Waals surface area contributed by atoms with Crippen LogP contribution in [0.15, 0.2) is 12.3 Å². The number of urea groups is 1. The molecule has 2 heterocycles. The number of carbonyl (C=O) groups excluding carboxylic acids is 1. The summed E-state index contributed by atoms with van der Waals surface area (Å²) in [5.41, 5.74) is -2.50. The van der Waals surface area contributed by atoms with Gasteiger partial charge in [0, 0.05) is 10.6 Å². The average molecular weight is 382 g/mol. The lowest BCUT2D eigenvalue weighted by Gasteiger charge is -2.33. The summed E-state index contributed by atoms with van der Waals surface area (Å²) in [7, 11) is 0. The van der Waals surface area contributed by atoms with Gasteiger partial charge in [-0.3, -0.25) is 4.90 Å². The van der Waals surface area contributed by atoms with Gasteiger partial charge in [0.05, 0.1) is 6.10 Å². The van der Waals surface area contributed by atoms with Crippen LogP contribution in [0.1, 0.15) is 0 Å². The summed E-state index contributed by atoms with van der Waals surface area (Å²) in [6.07, 6.45) is 2.67. The van der Waals surface area contributed by atoms with Gasteiger partial charge >= 0.3 is 6.03 Å². The lowest BCUT2D eigenvalue weighted by atomic mass is 9.97. The number of alkyl halides is 2. The Morgan fingerprint density at radius 1 is 1.68 bits per heavy atom. The zero-order valence-electron chi connectivity index (χ0n) is 9.66. The summed E-state index contributed by atoms with van der Waals surface area (Å²) in [5, 5.41) is 21.2. The van der Waals surface area contributed by atoms with Gasteiger partial charge in [0.25, 0.3) is 0 Å². The molecule has 2 rings (SSSR count). The van der Waals surface area contributed by atoms with E-state index in [1.807, 2.05) is 28.5 Å². The van der Waals surface area contributed by atoms with E-state index in [1.54, 1.807) is 0 Å². The van der Waals surface area contributed by atoms with Crippen molar-refractivity contribution in [3.63, 3.8) is 0 Å². The molecule has 2 aliphatic rings. The van der Waals surface area contributed by atoms with Crippen LogP contribution in [0, 0.1) is 12.3 Å². The summed E-state index contributed by atoms with van der Waals surface area (Å²) in [6.45, 7) is 0. The molecule has 8 heteroatoms. The lowest BCUT2D eigenvalue weighted by Crippen LogP contribution is -2.56. The summed E-state index contributed by atoms with van der Waals surface area (Å²) in [5.74, 6) is 1.87. The van der Waals surface area contributed by atoms with Gasteiger partial charge in [0.15, 0.2) is 6.23 Å². The van der Waals surface area contributed by atoms with E-state index in [9.17, 15) is 19.4 Å². The Balaban J connectivity index is 2.31. The van der Waals surface area contributed by atoms with Crippen LogP contribution < -0.4 is 5.32 Å².